The van der Waals surface area contributed by atoms with E-state index in [1.807, 2.05) is 37.3 Å². The quantitative estimate of drug-likeness (QED) is 0.418. The Hall–Kier alpha value is -2.37. The standard InChI is InChI=1S/C36H50ClN3O6S/c1-24-7-6-9-32(36-45-21-30(22-46-36)39(2)3)31-14-11-27(31)19-40-16-5-4-8-25-17-29(37)13-10-28(25)20-44-34-15-12-26(18-33(34)40)35(41)38-47(42,43)23-24/h10,12-13,15,17-18,24,27,30-32,36H,4-9,11,14,16,19-23H2,1-3H3,(H,38,41)/t24-,27-,30?,31+,32+,36?/m0/s1. The van der Waals surface area contributed by atoms with E-state index in [-0.39, 0.29) is 29.9 Å². The number of nitrogens with one attached hydrogen (secondary N) is 1. The Morgan fingerprint density at radius 2 is 1.74 bits per heavy atom. The Kier molecular flexibility index (Phi) is 11.0. The molecule has 6 rings (SSSR count). The number of anilines is 1. The van der Waals surface area contributed by atoms with E-state index in [1.165, 1.54) is 5.56 Å². The van der Waals surface area contributed by atoms with Gasteiger partial charge in [0.25, 0.3) is 5.91 Å². The third-order valence-corrected chi connectivity index (χ3v) is 12.4. The van der Waals surface area contributed by atoms with Crippen LogP contribution in [-0.4, -0.2) is 77.7 Å². The van der Waals surface area contributed by atoms with Crippen molar-refractivity contribution in [1.82, 2.24) is 9.62 Å². The molecular weight excluding hydrogens is 638 g/mol. The fourth-order valence-electron chi connectivity index (χ4n) is 7.75. The van der Waals surface area contributed by atoms with Crippen LogP contribution in [-0.2, 0) is 32.5 Å². The normalized spacial score (nSPS) is 30.5. The topological polar surface area (TPSA) is 97.4 Å². The van der Waals surface area contributed by atoms with Crippen LogP contribution in [0.5, 0.6) is 5.75 Å². The zero-order chi connectivity index (χ0) is 33.1. The van der Waals surface area contributed by atoms with Crippen LogP contribution in [0.25, 0.3) is 0 Å². The Bertz CT molecular complexity index is 1510. The van der Waals surface area contributed by atoms with Crippen molar-refractivity contribution in [2.75, 3.05) is 51.1 Å². The van der Waals surface area contributed by atoms with E-state index in [4.69, 9.17) is 25.8 Å². The summed E-state index contributed by atoms with van der Waals surface area (Å²) >= 11 is 6.36. The van der Waals surface area contributed by atoms with Gasteiger partial charge in [0.15, 0.2) is 6.29 Å². The number of nitrogens with zero attached hydrogens (tertiary/aromatic N) is 2. The number of halogens is 1. The van der Waals surface area contributed by atoms with Crippen molar-refractivity contribution in [2.45, 2.75) is 77.2 Å². The van der Waals surface area contributed by atoms with Gasteiger partial charge in [0.1, 0.15) is 12.4 Å². The monoisotopic (exact) mass is 687 g/mol. The molecule has 0 spiro atoms. The number of ether oxygens (including phenoxy) is 3. The SMILES string of the molecule is C[C@H]1CCC[C@@H](C2OCC(N(C)C)CO2)[C@@H]2CC[C@H]2CN2CCCCc3cc(Cl)ccc3COc3ccc(cc32)C(=O)NS(=O)(=O)C1. The van der Waals surface area contributed by atoms with Gasteiger partial charge in [-0.1, -0.05) is 31.0 Å². The maximum Gasteiger partial charge on any atom is 0.264 e. The van der Waals surface area contributed by atoms with E-state index in [0.29, 0.717) is 43.0 Å². The highest BCUT2D eigenvalue weighted by atomic mass is 35.5. The molecule has 0 aromatic heterocycles. The van der Waals surface area contributed by atoms with Crippen molar-refractivity contribution in [2.24, 2.45) is 23.7 Å². The van der Waals surface area contributed by atoms with E-state index in [0.717, 1.165) is 80.7 Å². The van der Waals surface area contributed by atoms with Crippen LogP contribution in [0.15, 0.2) is 36.4 Å². The van der Waals surface area contributed by atoms with Crippen LogP contribution in [0.2, 0.25) is 5.02 Å². The summed E-state index contributed by atoms with van der Waals surface area (Å²) in [5.74, 6) is 0.998. The summed E-state index contributed by atoms with van der Waals surface area (Å²) in [6.07, 6.45) is 7.39. The molecule has 47 heavy (non-hydrogen) atoms. The first-order chi connectivity index (χ1) is 22.6. The van der Waals surface area contributed by atoms with E-state index in [1.54, 1.807) is 6.07 Å². The molecule has 1 saturated heterocycles. The van der Waals surface area contributed by atoms with Gasteiger partial charge in [-0.25, -0.2) is 13.1 Å². The first kappa shape index (κ1) is 34.5. The summed E-state index contributed by atoms with van der Waals surface area (Å²) in [5, 5.41) is 0.721. The predicted octanol–water partition coefficient (Wildman–Crippen LogP) is 5.89. The maximum absolute atomic E-state index is 13.4. The van der Waals surface area contributed by atoms with Crippen molar-refractivity contribution in [1.29, 1.82) is 0 Å². The first-order valence-corrected chi connectivity index (χ1v) is 19.3. The van der Waals surface area contributed by atoms with Crippen molar-refractivity contribution in [3.8, 4) is 5.75 Å². The van der Waals surface area contributed by atoms with E-state index in [9.17, 15) is 13.2 Å². The summed E-state index contributed by atoms with van der Waals surface area (Å²) < 4.78 is 47.9. The maximum atomic E-state index is 13.4. The van der Waals surface area contributed by atoms with Gasteiger partial charge in [-0.15, -0.1) is 0 Å². The van der Waals surface area contributed by atoms with Crippen LogP contribution in [0, 0.1) is 23.7 Å². The Labute approximate surface area is 285 Å². The fraction of sp³-hybridized carbons (Fsp3) is 0.639. The zero-order valence-corrected chi connectivity index (χ0v) is 29.5. The summed E-state index contributed by atoms with van der Waals surface area (Å²) in [5.41, 5.74) is 3.43. The first-order valence-electron chi connectivity index (χ1n) is 17.3. The third-order valence-electron chi connectivity index (χ3n) is 10.7. The van der Waals surface area contributed by atoms with Crippen LogP contribution in [0.4, 0.5) is 5.69 Å². The molecule has 4 atom stereocenters. The molecule has 258 valence electrons. The third kappa shape index (κ3) is 8.44. The molecule has 3 aliphatic heterocycles. The Balaban J connectivity index is 1.33. The van der Waals surface area contributed by atoms with Gasteiger partial charge in [-0.05, 0) is 118 Å². The number of likely N-dealkylation sites (N-methyl/N-ethyl adjacent to an activating group) is 1. The van der Waals surface area contributed by atoms with E-state index >= 15 is 0 Å². The molecule has 4 aliphatic rings. The van der Waals surface area contributed by atoms with Crippen molar-refractivity contribution < 1.29 is 27.4 Å². The number of carbonyl (C=O) groups excluding carboxylic acids is 1. The average Bonchev–Trinajstić information content (AvgIpc) is 3.04. The lowest BCUT2D eigenvalue weighted by Gasteiger charge is -2.48. The second-order valence-electron chi connectivity index (χ2n) is 14.4. The highest BCUT2D eigenvalue weighted by Gasteiger charge is 2.43. The summed E-state index contributed by atoms with van der Waals surface area (Å²) in [6.45, 7) is 5.24. The van der Waals surface area contributed by atoms with Gasteiger partial charge >= 0.3 is 0 Å². The number of carbonyl (C=O) groups is 1. The molecule has 2 aromatic rings. The van der Waals surface area contributed by atoms with Gasteiger partial charge in [0.2, 0.25) is 10.0 Å². The molecule has 1 saturated carbocycles. The number of fused-ring (bicyclic) bond motifs is 3. The molecule has 1 N–H and O–H groups in total. The van der Waals surface area contributed by atoms with Crippen LogP contribution >= 0.6 is 11.6 Å². The molecule has 1 amide bonds. The summed E-state index contributed by atoms with van der Waals surface area (Å²) in [7, 11) is 0.289. The number of hydrogen-bond acceptors (Lipinski definition) is 8. The van der Waals surface area contributed by atoms with E-state index in [2.05, 4.69) is 28.6 Å². The minimum Gasteiger partial charge on any atom is -0.487 e. The minimum absolute atomic E-state index is 0.0913. The molecule has 2 aromatic carbocycles. The molecule has 11 heteroatoms. The minimum atomic E-state index is -3.82. The Morgan fingerprint density at radius 1 is 0.936 bits per heavy atom. The molecular formula is C36H50ClN3O6S. The second kappa shape index (κ2) is 15.0. The zero-order valence-electron chi connectivity index (χ0n) is 28.0. The molecule has 3 heterocycles. The molecule has 1 aliphatic carbocycles. The number of rotatable bonds is 2. The smallest absolute Gasteiger partial charge is 0.264 e. The lowest BCUT2D eigenvalue weighted by Crippen LogP contribution is -2.50. The molecule has 2 bridgehead atoms. The van der Waals surface area contributed by atoms with Gasteiger partial charge < -0.3 is 24.0 Å². The highest BCUT2D eigenvalue weighted by molar-refractivity contribution is 7.90. The van der Waals surface area contributed by atoms with Gasteiger partial charge in [-0.3, -0.25) is 4.79 Å². The number of sulfonamides is 1. The van der Waals surface area contributed by atoms with Gasteiger partial charge in [0.05, 0.1) is 30.7 Å². The van der Waals surface area contributed by atoms with Crippen molar-refractivity contribution in [3.63, 3.8) is 0 Å². The number of amides is 1. The van der Waals surface area contributed by atoms with E-state index < -0.39 is 15.9 Å². The number of hydrogen-bond donors (Lipinski definition) is 1. The second-order valence-corrected chi connectivity index (χ2v) is 16.6. The Morgan fingerprint density at radius 3 is 2.49 bits per heavy atom. The predicted molar refractivity (Wildman–Crippen MR) is 185 cm³/mol. The van der Waals surface area contributed by atoms with Crippen molar-refractivity contribution >= 4 is 33.2 Å². The largest absolute Gasteiger partial charge is 0.487 e. The lowest BCUT2D eigenvalue weighted by molar-refractivity contribution is -0.240. The fourth-order valence-corrected chi connectivity index (χ4v) is 9.35. The average molecular weight is 688 g/mol. The number of benzene rings is 2. The molecule has 9 nitrogen and oxygen atoms in total. The molecule has 2 fully saturated rings. The van der Waals surface area contributed by atoms with Crippen LogP contribution in [0.1, 0.15) is 73.4 Å². The molecule has 0 unspecified atom stereocenters. The summed E-state index contributed by atoms with van der Waals surface area (Å²) in [6, 6.07) is 11.5. The summed E-state index contributed by atoms with van der Waals surface area (Å²) in [4.78, 5) is 17.9. The highest BCUT2D eigenvalue weighted by Crippen LogP contribution is 2.46. The van der Waals surface area contributed by atoms with Crippen molar-refractivity contribution in [3.05, 3.63) is 58.1 Å². The molecule has 0 radical (unpaired) electrons. The van der Waals surface area contributed by atoms with Gasteiger partial charge in [0, 0.05) is 29.6 Å². The van der Waals surface area contributed by atoms with Gasteiger partial charge in [-0.2, -0.15) is 0 Å². The van der Waals surface area contributed by atoms with Crippen LogP contribution in [0.3, 0.4) is 0 Å². The number of aryl methyl sites for hydroxylation is 1. The lowest BCUT2D eigenvalue weighted by atomic mass is 9.65. The van der Waals surface area contributed by atoms with Crippen LogP contribution < -0.4 is 14.4 Å².